The van der Waals surface area contributed by atoms with Gasteiger partial charge in [0.25, 0.3) is 5.91 Å². The highest BCUT2D eigenvalue weighted by Crippen LogP contribution is 2.26. The summed E-state index contributed by atoms with van der Waals surface area (Å²) in [5.74, 6) is 1.00. The summed E-state index contributed by atoms with van der Waals surface area (Å²) in [7, 11) is 4.27. The van der Waals surface area contributed by atoms with Crippen molar-refractivity contribution in [2.45, 2.75) is 32.7 Å². The molecule has 2 aromatic carbocycles. The number of nitrogens with one attached hydrogen (secondary N) is 1. The van der Waals surface area contributed by atoms with Crippen molar-refractivity contribution in [2.75, 3.05) is 44.0 Å². The number of ether oxygens (including phenoxy) is 1. The van der Waals surface area contributed by atoms with Crippen molar-refractivity contribution in [3.63, 3.8) is 0 Å². The number of amides is 1. The van der Waals surface area contributed by atoms with E-state index in [0.29, 0.717) is 22.5 Å². The van der Waals surface area contributed by atoms with Crippen molar-refractivity contribution in [3.05, 3.63) is 52.7 Å². The number of fused-ring (bicyclic) bond motifs is 1. The van der Waals surface area contributed by atoms with Crippen LogP contribution in [0.25, 0.3) is 10.9 Å². The highest BCUT2D eigenvalue weighted by Gasteiger charge is 2.22. The van der Waals surface area contributed by atoms with Gasteiger partial charge in [0.1, 0.15) is 5.75 Å². The predicted octanol–water partition coefficient (Wildman–Crippen LogP) is 4.45. The second-order valence-electron chi connectivity index (χ2n) is 8.79. The number of hydrogen-bond acceptors (Lipinski definition) is 6. The Morgan fingerprint density at radius 3 is 2.61 bits per heavy atom. The van der Waals surface area contributed by atoms with Crippen molar-refractivity contribution >= 4 is 40.0 Å². The minimum atomic E-state index is -0.259. The van der Waals surface area contributed by atoms with Crippen molar-refractivity contribution in [1.82, 2.24) is 14.9 Å². The molecule has 174 valence electrons. The molecule has 7 nitrogen and oxygen atoms in total. The molecule has 0 spiro atoms. The van der Waals surface area contributed by atoms with E-state index in [2.05, 4.69) is 29.2 Å². The zero-order chi connectivity index (χ0) is 23.5. The molecule has 0 atom stereocenters. The molecule has 1 aliphatic heterocycles. The standard InChI is InChI=1S/C25H30ClN5O2/c1-16-5-8-23(21(26)13-16)33-15-24(32)28-18-6-7-22-20(14-18)17(2)27-25(29-22)31-11-9-19(10-12-31)30(3)4/h5-8,13-14,19H,9-12,15H2,1-4H3,(H,28,32). The molecule has 0 radical (unpaired) electrons. The molecule has 0 bridgehead atoms. The van der Waals surface area contributed by atoms with Gasteiger partial charge < -0.3 is 19.9 Å². The molecule has 0 aliphatic carbocycles. The van der Waals surface area contributed by atoms with Crippen LogP contribution in [0.3, 0.4) is 0 Å². The van der Waals surface area contributed by atoms with E-state index in [4.69, 9.17) is 26.3 Å². The lowest BCUT2D eigenvalue weighted by Gasteiger charge is -2.35. The van der Waals surface area contributed by atoms with Crippen LogP contribution < -0.4 is 15.0 Å². The molecule has 2 heterocycles. The Morgan fingerprint density at radius 1 is 1.15 bits per heavy atom. The van der Waals surface area contributed by atoms with Crippen LogP contribution in [0.4, 0.5) is 11.6 Å². The minimum absolute atomic E-state index is 0.127. The Bertz CT molecular complexity index is 1160. The fourth-order valence-corrected chi connectivity index (χ4v) is 4.42. The molecule has 0 saturated carbocycles. The van der Waals surface area contributed by atoms with Crippen molar-refractivity contribution in [2.24, 2.45) is 0 Å². The van der Waals surface area contributed by atoms with Crippen LogP contribution in [0.15, 0.2) is 36.4 Å². The molecule has 1 saturated heterocycles. The lowest BCUT2D eigenvalue weighted by atomic mass is 10.0. The van der Waals surface area contributed by atoms with Gasteiger partial charge in [-0.25, -0.2) is 9.97 Å². The quantitative estimate of drug-likeness (QED) is 0.577. The minimum Gasteiger partial charge on any atom is -0.482 e. The van der Waals surface area contributed by atoms with E-state index in [-0.39, 0.29) is 12.5 Å². The Morgan fingerprint density at radius 2 is 1.91 bits per heavy atom. The molecule has 4 rings (SSSR count). The summed E-state index contributed by atoms with van der Waals surface area (Å²) in [5, 5.41) is 4.29. The summed E-state index contributed by atoms with van der Waals surface area (Å²) in [4.78, 5) is 26.5. The zero-order valence-corrected chi connectivity index (χ0v) is 20.3. The lowest BCUT2D eigenvalue weighted by Crippen LogP contribution is -2.42. The summed E-state index contributed by atoms with van der Waals surface area (Å²) in [6.07, 6.45) is 2.21. The van der Waals surface area contributed by atoms with Crippen LogP contribution in [-0.4, -0.2) is 60.6 Å². The third-order valence-electron chi connectivity index (χ3n) is 6.08. The summed E-state index contributed by atoms with van der Waals surface area (Å²) in [5.41, 5.74) is 3.47. The van der Waals surface area contributed by atoms with E-state index < -0.39 is 0 Å². The van der Waals surface area contributed by atoms with Gasteiger partial charge in [0.15, 0.2) is 6.61 Å². The third-order valence-corrected chi connectivity index (χ3v) is 6.38. The SMILES string of the molecule is Cc1ccc(OCC(=O)Nc2ccc3nc(N4CCC(N(C)C)CC4)nc(C)c3c2)c(Cl)c1. The molecule has 1 amide bonds. The van der Waals surface area contributed by atoms with Gasteiger partial charge in [0.05, 0.1) is 16.2 Å². The number of anilines is 2. The number of piperidine rings is 1. The number of aryl methyl sites for hydroxylation is 2. The van der Waals surface area contributed by atoms with E-state index in [1.54, 1.807) is 12.1 Å². The summed E-state index contributed by atoms with van der Waals surface area (Å²) < 4.78 is 5.56. The monoisotopic (exact) mass is 467 g/mol. The van der Waals surface area contributed by atoms with Gasteiger partial charge in [0, 0.05) is 30.2 Å². The fraction of sp³-hybridized carbons (Fsp3) is 0.400. The van der Waals surface area contributed by atoms with Gasteiger partial charge in [-0.2, -0.15) is 0 Å². The maximum Gasteiger partial charge on any atom is 0.262 e. The Balaban J connectivity index is 1.42. The van der Waals surface area contributed by atoms with E-state index in [9.17, 15) is 4.79 Å². The first-order valence-corrected chi connectivity index (χ1v) is 11.6. The van der Waals surface area contributed by atoms with E-state index in [1.165, 1.54) is 0 Å². The van der Waals surface area contributed by atoms with Crippen molar-refractivity contribution < 1.29 is 9.53 Å². The van der Waals surface area contributed by atoms with Crippen LogP contribution in [0.5, 0.6) is 5.75 Å². The molecule has 1 aromatic heterocycles. The first-order valence-electron chi connectivity index (χ1n) is 11.2. The average molecular weight is 468 g/mol. The molecular weight excluding hydrogens is 438 g/mol. The van der Waals surface area contributed by atoms with E-state index >= 15 is 0 Å². The van der Waals surface area contributed by atoms with Crippen LogP contribution in [0.1, 0.15) is 24.1 Å². The van der Waals surface area contributed by atoms with Crippen LogP contribution >= 0.6 is 11.6 Å². The van der Waals surface area contributed by atoms with Crippen LogP contribution in [0, 0.1) is 13.8 Å². The highest BCUT2D eigenvalue weighted by atomic mass is 35.5. The largest absolute Gasteiger partial charge is 0.482 e. The summed E-state index contributed by atoms with van der Waals surface area (Å²) >= 11 is 6.17. The average Bonchev–Trinajstić information content (AvgIpc) is 2.79. The van der Waals surface area contributed by atoms with Gasteiger partial charge in [-0.05, 0) is 76.7 Å². The van der Waals surface area contributed by atoms with E-state index in [1.807, 2.05) is 38.1 Å². The maximum absolute atomic E-state index is 12.4. The second kappa shape index (κ2) is 9.93. The van der Waals surface area contributed by atoms with Gasteiger partial charge in [-0.3, -0.25) is 4.79 Å². The van der Waals surface area contributed by atoms with Crippen LogP contribution in [-0.2, 0) is 4.79 Å². The number of aromatic nitrogens is 2. The molecule has 33 heavy (non-hydrogen) atoms. The first-order chi connectivity index (χ1) is 15.8. The van der Waals surface area contributed by atoms with Gasteiger partial charge in [-0.15, -0.1) is 0 Å². The zero-order valence-electron chi connectivity index (χ0n) is 19.6. The Hall–Kier alpha value is -2.90. The number of hydrogen-bond donors (Lipinski definition) is 1. The maximum atomic E-state index is 12.4. The summed E-state index contributed by atoms with van der Waals surface area (Å²) in [6, 6.07) is 11.8. The topological polar surface area (TPSA) is 70.6 Å². The Kier molecular flexibility index (Phi) is 7.00. The van der Waals surface area contributed by atoms with Crippen molar-refractivity contribution in [3.8, 4) is 5.75 Å². The molecule has 1 aliphatic rings. The van der Waals surface area contributed by atoms with Crippen LogP contribution in [0.2, 0.25) is 5.02 Å². The number of carbonyl (C=O) groups excluding carboxylic acids is 1. The number of carbonyl (C=O) groups is 1. The molecular formula is C25H30ClN5O2. The number of rotatable bonds is 6. The van der Waals surface area contributed by atoms with Gasteiger partial charge in [0.2, 0.25) is 5.95 Å². The number of halogens is 1. The van der Waals surface area contributed by atoms with E-state index in [0.717, 1.165) is 54.0 Å². The first kappa shape index (κ1) is 23.3. The molecule has 1 fully saturated rings. The lowest BCUT2D eigenvalue weighted by molar-refractivity contribution is -0.118. The predicted molar refractivity (Wildman–Crippen MR) is 134 cm³/mol. The molecule has 0 unspecified atom stereocenters. The molecule has 3 aromatic rings. The number of benzene rings is 2. The van der Waals surface area contributed by atoms with Crippen molar-refractivity contribution in [1.29, 1.82) is 0 Å². The second-order valence-corrected chi connectivity index (χ2v) is 9.20. The summed E-state index contributed by atoms with van der Waals surface area (Å²) in [6.45, 7) is 5.70. The number of nitrogens with zero attached hydrogens (tertiary/aromatic N) is 4. The third kappa shape index (κ3) is 5.54. The molecule has 8 heteroatoms. The highest BCUT2D eigenvalue weighted by molar-refractivity contribution is 6.32. The smallest absolute Gasteiger partial charge is 0.262 e. The Labute approximate surface area is 199 Å². The van der Waals surface area contributed by atoms with Gasteiger partial charge >= 0.3 is 0 Å². The normalized spacial score (nSPS) is 14.7. The fourth-order valence-electron chi connectivity index (χ4n) is 4.13. The van der Waals surface area contributed by atoms with Gasteiger partial charge in [-0.1, -0.05) is 17.7 Å². The molecule has 1 N–H and O–H groups in total.